The number of carbonyl (C=O) groups is 1. The normalized spacial score (nSPS) is 10.2. The van der Waals surface area contributed by atoms with E-state index in [1.807, 2.05) is 13.0 Å². The van der Waals surface area contributed by atoms with Gasteiger partial charge in [-0.2, -0.15) is 0 Å². The van der Waals surface area contributed by atoms with Crippen molar-refractivity contribution < 1.29 is 4.79 Å². The van der Waals surface area contributed by atoms with Gasteiger partial charge < -0.3 is 5.32 Å². The molecule has 0 saturated heterocycles. The Bertz CT molecular complexity index is 366. The lowest BCUT2D eigenvalue weighted by Crippen LogP contribution is -2.39. The average Bonchev–Trinajstić information content (AvgIpc) is 2.10. The minimum Gasteiger partial charge on any atom is -0.307 e. The number of nitrogens with zero attached hydrogens (tertiary/aromatic N) is 1. The third-order valence-corrected chi connectivity index (χ3v) is 2.17. The summed E-state index contributed by atoms with van der Waals surface area (Å²) in [6.07, 6.45) is 0. The fourth-order valence-electron chi connectivity index (χ4n) is 1.08. The second kappa shape index (κ2) is 5.00. The van der Waals surface area contributed by atoms with Crippen LogP contribution in [0.2, 0.25) is 5.02 Å². The van der Waals surface area contributed by atoms with Gasteiger partial charge in [0, 0.05) is 24.8 Å². The third kappa shape index (κ3) is 3.77. The zero-order valence-electron chi connectivity index (χ0n) is 8.97. The number of benzene rings is 1. The van der Waals surface area contributed by atoms with Crippen LogP contribution in [-0.2, 0) is 0 Å². The molecule has 0 aliphatic heterocycles. The number of nitrogens with one attached hydrogen (secondary N) is 2. The maximum Gasteiger partial charge on any atom is 0.333 e. The molecular formula is C10H14ClN3O. The van der Waals surface area contributed by atoms with E-state index in [9.17, 15) is 4.79 Å². The van der Waals surface area contributed by atoms with Gasteiger partial charge in [-0.1, -0.05) is 11.6 Å². The van der Waals surface area contributed by atoms with Gasteiger partial charge in [0.2, 0.25) is 0 Å². The van der Waals surface area contributed by atoms with Crippen LogP contribution >= 0.6 is 11.6 Å². The molecule has 5 heteroatoms. The van der Waals surface area contributed by atoms with Gasteiger partial charge in [0.15, 0.2) is 0 Å². The van der Waals surface area contributed by atoms with Crippen LogP contribution in [0.4, 0.5) is 10.5 Å². The lowest BCUT2D eigenvalue weighted by molar-refractivity contribution is 0.224. The standard InChI is InChI=1S/C10H14ClN3O/c1-7-6-8(4-5-9(7)11)12-10(15)13-14(2)3/h4-6H,1-3H3,(H2,12,13,15). The highest BCUT2D eigenvalue weighted by atomic mass is 35.5. The number of halogens is 1. The molecule has 2 N–H and O–H groups in total. The first-order chi connectivity index (χ1) is 6.99. The summed E-state index contributed by atoms with van der Waals surface area (Å²) in [6.45, 7) is 1.89. The highest BCUT2D eigenvalue weighted by molar-refractivity contribution is 6.31. The van der Waals surface area contributed by atoms with E-state index in [1.54, 1.807) is 31.2 Å². The summed E-state index contributed by atoms with van der Waals surface area (Å²) in [5.41, 5.74) is 4.22. The van der Waals surface area contributed by atoms with Crippen molar-refractivity contribution in [1.82, 2.24) is 10.4 Å². The molecular weight excluding hydrogens is 214 g/mol. The van der Waals surface area contributed by atoms with Crippen molar-refractivity contribution >= 4 is 23.3 Å². The first kappa shape index (κ1) is 11.8. The molecule has 15 heavy (non-hydrogen) atoms. The second-order valence-corrected chi connectivity index (χ2v) is 3.83. The quantitative estimate of drug-likeness (QED) is 0.762. The maximum absolute atomic E-state index is 11.3. The highest BCUT2D eigenvalue weighted by Gasteiger charge is 2.03. The topological polar surface area (TPSA) is 44.4 Å². The third-order valence-electron chi connectivity index (χ3n) is 1.74. The van der Waals surface area contributed by atoms with E-state index < -0.39 is 0 Å². The molecule has 82 valence electrons. The summed E-state index contributed by atoms with van der Waals surface area (Å²) in [7, 11) is 3.49. The predicted octanol–water partition coefficient (Wildman–Crippen LogP) is 2.25. The van der Waals surface area contributed by atoms with Crippen LogP contribution < -0.4 is 10.7 Å². The Balaban J connectivity index is 2.65. The van der Waals surface area contributed by atoms with E-state index in [0.29, 0.717) is 5.02 Å². The summed E-state index contributed by atoms with van der Waals surface area (Å²) in [5.74, 6) is 0. The number of hydrogen-bond donors (Lipinski definition) is 2. The highest BCUT2D eigenvalue weighted by Crippen LogP contribution is 2.19. The number of aryl methyl sites for hydroxylation is 1. The van der Waals surface area contributed by atoms with Gasteiger partial charge in [0.05, 0.1) is 0 Å². The van der Waals surface area contributed by atoms with Gasteiger partial charge in [0.1, 0.15) is 0 Å². The molecule has 0 aliphatic carbocycles. The van der Waals surface area contributed by atoms with Crippen molar-refractivity contribution in [3.8, 4) is 0 Å². The van der Waals surface area contributed by atoms with Gasteiger partial charge >= 0.3 is 6.03 Å². The first-order valence-corrected chi connectivity index (χ1v) is 4.88. The molecule has 0 atom stereocenters. The molecule has 0 unspecified atom stereocenters. The molecule has 0 aliphatic rings. The van der Waals surface area contributed by atoms with E-state index in [2.05, 4.69) is 10.7 Å². The molecule has 1 aromatic carbocycles. The Labute approximate surface area is 94.2 Å². The van der Waals surface area contributed by atoms with Crippen LogP contribution in [0.3, 0.4) is 0 Å². The smallest absolute Gasteiger partial charge is 0.307 e. The number of amides is 2. The largest absolute Gasteiger partial charge is 0.333 e. The SMILES string of the molecule is Cc1cc(NC(=O)NN(C)C)ccc1Cl. The zero-order valence-corrected chi connectivity index (χ0v) is 9.72. The van der Waals surface area contributed by atoms with Crippen LogP contribution in [-0.4, -0.2) is 25.1 Å². The first-order valence-electron chi connectivity index (χ1n) is 4.50. The number of hydrazine groups is 1. The van der Waals surface area contributed by atoms with Gasteiger partial charge in [-0.25, -0.2) is 9.80 Å². The number of rotatable bonds is 2. The summed E-state index contributed by atoms with van der Waals surface area (Å²) in [6, 6.07) is 5.05. The van der Waals surface area contributed by atoms with E-state index in [4.69, 9.17) is 11.6 Å². The van der Waals surface area contributed by atoms with Gasteiger partial charge in [-0.3, -0.25) is 5.43 Å². The van der Waals surface area contributed by atoms with Gasteiger partial charge in [-0.15, -0.1) is 0 Å². The van der Waals surface area contributed by atoms with E-state index in [-0.39, 0.29) is 6.03 Å². The molecule has 1 aromatic rings. The van der Waals surface area contributed by atoms with Crippen molar-refractivity contribution in [3.63, 3.8) is 0 Å². The molecule has 0 fully saturated rings. The minimum atomic E-state index is -0.276. The summed E-state index contributed by atoms with van der Waals surface area (Å²) in [4.78, 5) is 11.3. The van der Waals surface area contributed by atoms with Crippen molar-refractivity contribution in [2.75, 3.05) is 19.4 Å². The van der Waals surface area contributed by atoms with Crippen LogP contribution in [0.25, 0.3) is 0 Å². The monoisotopic (exact) mass is 227 g/mol. The van der Waals surface area contributed by atoms with Crippen molar-refractivity contribution in [2.45, 2.75) is 6.92 Å². The summed E-state index contributed by atoms with van der Waals surface area (Å²) >= 11 is 5.86. The molecule has 4 nitrogen and oxygen atoms in total. The average molecular weight is 228 g/mol. The van der Waals surface area contributed by atoms with Crippen molar-refractivity contribution in [1.29, 1.82) is 0 Å². The molecule has 1 rings (SSSR count). The number of carbonyl (C=O) groups excluding carboxylic acids is 1. The second-order valence-electron chi connectivity index (χ2n) is 3.42. The summed E-state index contributed by atoms with van der Waals surface area (Å²) in [5, 5.41) is 4.95. The maximum atomic E-state index is 11.3. The molecule has 0 aromatic heterocycles. The van der Waals surface area contributed by atoms with Crippen LogP contribution in [0, 0.1) is 6.92 Å². The molecule has 0 radical (unpaired) electrons. The fourth-order valence-corrected chi connectivity index (χ4v) is 1.20. The molecule has 0 spiro atoms. The Kier molecular flexibility index (Phi) is 3.94. The Morgan fingerprint density at radius 2 is 2.07 bits per heavy atom. The van der Waals surface area contributed by atoms with Crippen LogP contribution in [0.15, 0.2) is 18.2 Å². The predicted molar refractivity (Wildman–Crippen MR) is 62.0 cm³/mol. The molecule has 0 saturated carbocycles. The lowest BCUT2D eigenvalue weighted by Gasteiger charge is -2.13. The van der Waals surface area contributed by atoms with Crippen LogP contribution in [0.1, 0.15) is 5.56 Å². The minimum absolute atomic E-state index is 0.276. The number of urea groups is 1. The fraction of sp³-hybridized carbons (Fsp3) is 0.300. The molecule has 0 heterocycles. The van der Waals surface area contributed by atoms with E-state index >= 15 is 0 Å². The van der Waals surface area contributed by atoms with Crippen molar-refractivity contribution in [3.05, 3.63) is 28.8 Å². The number of anilines is 1. The molecule has 0 bridgehead atoms. The zero-order chi connectivity index (χ0) is 11.4. The van der Waals surface area contributed by atoms with E-state index in [0.717, 1.165) is 11.3 Å². The Hall–Kier alpha value is -1.26. The number of hydrogen-bond acceptors (Lipinski definition) is 2. The van der Waals surface area contributed by atoms with Gasteiger partial charge in [0.25, 0.3) is 0 Å². The molecule has 2 amide bonds. The summed E-state index contributed by atoms with van der Waals surface area (Å²) < 4.78 is 0. The van der Waals surface area contributed by atoms with E-state index in [1.165, 1.54) is 0 Å². The van der Waals surface area contributed by atoms with Gasteiger partial charge in [-0.05, 0) is 30.7 Å². The Morgan fingerprint density at radius 3 is 2.60 bits per heavy atom. The lowest BCUT2D eigenvalue weighted by atomic mass is 10.2. The van der Waals surface area contributed by atoms with Crippen molar-refractivity contribution in [2.24, 2.45) is 0 Å². The Morgan fingerprint density at radius 1 is 1.40 bits per heavy atom. The van der Waals surface area contributed by atoms with Crippen LogP contribution in [0.5, 0.6) is 0 Å².